The topological polar surface area (TPSA) is 160 Å². The van der Waals surface area contributed by atoms with Crippen molar-refractivity contribution < 1.29 is 19.1 Å². The van der Waals surface area contributed by atoms with Crippen molar-refractivity contribution in [2.45, 2.75) is 12.5 Å². The van der Waals surface area contributed by atoms with Gasteiger partial charge in [-0.15, -0.1) is 5.10 Å². The molecule has 3 N–H and O–H groups in total. The van der Waals surface area contributed by atoms with Gasteiger partial charge in [0.05, 0.1) is 25.3 Å². The third kappa shape index (κ3) is 7.75. The number of methoxy groups -OCH3 is 1. The van der Waals surface area contributed by atoms with Crippen LogP contribution in [0.1, 0.15) is 23.9 Å². The van der Waals surface area contributed by atoms with E-state index in [1.165, 1.54) is 24.2 Å². The van der Waals surface area contributed by atoms with Crippen LogP contribution in [0.5, 0.6) is 0 Å². The van der Waals surface area contributed by atoms with Crippen molar-refractivity contribution in [3.8, 4) is 16.9 Å². The number of benzene rings is 2. The molecule has 0 aliphatic carbocycles. The van der Waals surface area contributed by atoms with Crippen LogP contribution in [0, 0.1) is 0 Å². The Bertz CT molecular complexity index is 1660. The van der Waals surface area contributed by atoms with E-state index in [1.54, 1.807) is 65.2 Å². The Labute approximate surface area is 266 Å². The molecule has 0 radical (unpaired) electrons. The van der Waals surface area contributed by atoms with E-state index in [4.69, 9.17) is 23.2 Å². The number of ether oxygens (including phenoxy) is 1. The van der Waals surface area contributed by atoms with Crippen molar-refractivity contribution in [1.29, 1.82) is 0 Å². The Balaban J connectivity index is 1.38. The van der Waals surface area contributed by atoms with E-state index in [1.807, 2.05) is 0 Å². The fourth-order valence-corrected chi connectivity index (χ4v) is 5.79. The van der Waals surface area contributed by atoms with E-state index in [0.29, 0.717) is 52.1 Å². The van der Waals surface area contributed by atoms with Gasteiger partial charge in [0.2, 0.25) is 11.8 Å². The standard InChI is InChI=1S/C28H27Cl2N9O4S/c1-43-28(42)32-20-6-2-17(3-7-20)25-26(30)35-27(34-25)21(15-24(41)38-10-12-44-13-11-38)33-23(40)9-4-18-14-19(29)5-8-22(18)39-16-31-36-37-39/h2-9,14,16,21H,10-13,15H2,1H3,(H,32,42)(H,33,40)(H,34,35)/b9-4+/t21-/m0/s1. The quantitative estimate of drug-likeness (QED) is 0.222. The largest absolute Gasteiger partial charge is 0.453 e. The molecule has 4 aromatic rings. The lowest BCUT2D eigenvalue weighted by atomic mass is 10.1. The van der Waals surface area contributed by atoms with E-state index >= 15 is 0 Å². The smallest absolute Gasteiger partial charge is 0.411 e. The highest BCUT2D eigenvalue weighted by molar-refractivity contribution is 7.99. The van der Waals surface area contributed by atoms with E-state index in [9.17, 15) is 14.4 Å². The van der Waals surface area contributed by atoms with Gasteiger partial charge in [-0.1, -0.05) is 35.3 Å². The van der Waals surface area contributed by atoms with Crippen LogP contribution in [-0.2, 0) is 14.3 Å². The van der Waals surface area contributed by atoms with Gasteiger partial charge in [0.15, 0.2) is 0 Å². The number of nitrogens with one attached hydrogen (secondary N) is 3. The number of imidazole rings is 1. The van der Waals surface area contributed by atoms with Crippen LogP contribution in [0.4, 0.5) is 10.5 Å². The molecule has 2 aromatic carbocycles. The molecule has 0 unspecified atom stereocenters. The number of tetrazole rings is 1. The maximum absolute atomic E-state index is 13.3. The predicted octanol–water partition coefficient (Wildman–Crippen LogP) is 4.37. The van der Waals surface area contributed by atoms with Crippen LogP contribution in [0.3, 0.4) is 0 Å². The first-order valence-electron chi connectivity index (χ1n) is 13.4. The fourth-order valence-electron chi connectivity index (χ4n) is 4.46. The Morgan fingerprint density at radius 3 is 2.61 bits per heavy atom. The fraction of sp³-hybridized carbons (Fsp3) is 0.250. The molecule has 0 saturated carbocycles. The summed E-state index contributed by atoms with van der Waals surface area (Å²) in [5.74, 6) is 1.45. The highest BCUT2D eigenvalue weighted by atomic mass is 35.5. The van der Waals surface area contributed by atoms with Gasteiger partial charge < -0.3 is 19.9 Å². The molecule has 1 fully saturated rings. The number of anilines is 1. The third-order valence-electron chi connectivity index (χ3n) is 6.66. The number of rotatable bonds is 9. The molecule has 0 bridgehead atoms. The second-order valence-corrected chi connectivity index (χ2v) is 11.6. The van der Waals surface area contributed by atoms with E-state index < -0.39 is 18.0 Å². The third-order valence-corrected chi connectivity index (χ3v) is 8.11. The van der Waals surface area contributed by atoms with Crippen LogP contribution in [0.25, 0.3) is 23.0 Å². The molecule has 1 saturated heterocycles. The van der Waals surface area contributed by atoms with Gasteiger partial charge >= 0.3 is 6.09 Å². The number of aromatic nitrogens is 6. The molecule has 44 heavy (non-hydrogen) atoms. The van der Waals surface area contributed by atoms with Crippen molar-refractivity contribution in [2.75, 3.05) is 37.0 Å². The number of amides is 3. The second kappa shape index (κ2) is 14.4. The van der Waals surface area contributed by atoms with Crippen LogP contribution < -0.4 is 10.6 Å². The minimum absolute atomic E-state index is 0.0252. The molecule has 5 rings (SSSR count). The minimum atomic E-state index is -0.806. The van der Waals surface area contributed by atoms with Crippen molar-refractivity contribution in [3.63, 3.8) is 0 Å². The highest BCUT2D eigenvalue weighted by Gasteiger charge is 2.26. The summed E-state index contributed by atoms with van der Waals surface area (Å²) < 4.78 is 6.08. The molecule has 1 aliphatic heterocycles. The molecule has 3 heterocycles. The first-order valence-corrected chi connectivity index (χ1v) is 15.3. The van der Waals surface area contributed by atoms with Gasteiger partial charge in [0.1, 0.15) is 23.0 Å². The molecule has 1 aliphatic rings. The molecule has 2 aromatic heterocycles. The first kappa shape index (κ1) is 31.0. The van der Waals surface area contributed by atoms with Crippen molar-refractivity contribution in [2.24, 2.45) is 0 Å². The van der Waals surface area contributed by atoms with Gasteiger partial charge in [-0.05, 0) is 46.8 Å². The lowest BCUT2D eigenvalue weighted by Crippen LogP contribution is -2.40. The first-order chi connectivity index (χ1) is 21.3. The molecule has 13 nitrogen and oxygen atoms in total. The number of hydrogen-bond acceptors (Lipinski definition) is 9. The van der Waals surface area contributed by atoms with Crippen LogP contribution in [-0.4, -0.2) is 84.7 Å². The molecule has 1 atom stereocenters. The normalized spacial score (nSPS) is 13.9. The zero-order valence-electron chi connectivity index (χ0n) is 23.4. The number of carbonyl (C=O) groups is 3. The minimum Gasteiger partial charge on any atom is -0.453 e. The van der Waals surface area contributed by atoms with Gasteiger partial charge in [0, 0.05) is 52.5 Å². The van der Waals surface area contributed by atoms with Crippen LogP contribution in [0.15, 0.2) is 54.9 Å². The van der Waals surface area contributed by atoms with E-state index in [0.717, 1.165) is 11.5 Å². The van der Waals surface area contributed by atoms with E-state index in [2.05, 4.69) is 40.9 Å². The molecular formula is C28H27Cl2N9O4S. The van der Waals surface area contributed by atoms with Crippen LogP contribution in [0.2, 0.25) is 10.2 Å². The van der Waals surface area contributed by atoms with Gasteiger partial charge in [-0.2, -0.15) is 16.4 Å². The number of H-pyrrole nitrogens is 1. The second-order valence-electron chi connectivity index (χ2n) is 9.53. The zero-order valence-corrected chi connectivity index (χ0v) is 25.7. The summed E-state index contributed by atoms with van der Waals surface area (Å²) in [7, 11) is 1.28. The Hall–Kier alpha value is -4.40. The van der Waals surface area contributed by atoms with Crippen molar-refractivity contribution in [1.82, 2.24) is 40.4 Å². The monoisotopic (exact) mass is 655 g/mol. The molecular weight excluding hydrogens is 629 g/mol. The average Bonchev–Trinajstić information content (AvgIpc) is 3.71. The summed E-state index contributed by atoms with van der Waals surface area (Å²) in [4.78, 5) is 47.5. The summed E-state index contributed by atoms with van der Waals surface area (Å²) >= 11 is 14.6. The maximum Gasteiger partial charge on any atom is 0.411 e. The van der Waals surface area contributed by atoms with Gasteiger partial charge in [-0.25, -0.2) is 9.78 Å². The molecule has 16 heteroatoms. The van der Waals surface area contributed by atoms with E-state index in [-0.39, 0.29) is 17.5 Å². The number of thioether (sulfide) groups is 1. The van der Waals surface area contributed by atoms with Crippen molar-refractivity contribution in [3.05, 3.63) is 76.4 Å². The Kier molecular flexibility index (Phi) is 10.1. The molecule has 3 amide bonds. The summed E-state index contributed by atoms with van der Waals surface area (Å²) in [5, 5.41) is 17.4. The summed E-state index contributed by atoms with van der Waals surface area (Å²) in [6.07, 6.45) is 3.74. The zero-order chi connectivity index (χ0) is 31.1. The maximum atomic E-state index is 13.3. The number of carbonyl (C=O) groups excluding carboxylic acids is 3. The average molecular weight is 657 g/mol. The number of aromatic amines is 1. The number of halogens is 2. The lowest BCUT2D eigenvalue weighted by molar-refractivity contribution is -0.131. The summed E-state index contributed by atoms with van der Waals surface area (Å²) in [6, 6.07) is 11.1. The number of hydrogen-bond donors (Lipinski definition) is 3. The summed E-state index contributed by atoms with van der Waals surface area (Å²) in [5.41, 5.74) is 2.83. The Morgan fingerprint density at radius 1 is 1.14 bits per heavy atom. The SMILES string of the molecule is COC(=O)Nc1ccc(-c2nc([C@H](CC(=O)N3CCSCC3)NC(=O)/C=C/c3cc(Cl)ccc3-n3cnnn3)[nH]c2Cl)cc1. The summed E-state index contributed by atoms with van der Waals surface area (Å²) in [6.45, 7) is 1.27. The number of nitrogens with zero attached hydrogens (tertiary/aromatic N) is 6. The molecule has 0 spiro atoms. The Morgan fingerprint density at radius 2 is 1.91 bits per heavy atom. The lowest BCUT2D eigenvalue weighted by Gasteiger charge is -2.28. The van der Waals surface area contributed by atoms with Crippen molar-refractivity contribution >= 4 is 64.6 Å². The van der Waals surface area contributed by atoms with Crippen LogP contribution >= 0.6 is 35.0 Å². The predicted molar refractivity (Wildman–Crippen MR) is 168 cm³/mol. The highest BCUT2D eigenvalue weighted by Crippen LogP contribution is 2.30. The molecule has 228 valence electrons. The van der Waals surface area contributed by atoms with Gasteiger partial charge in [0.25, 0.3) is 0 Å². The van der Waals surface area contributed by atoms with Gasteiger partial charge in [-0.3, -0.25) is 14.9 Å².